The first-order valence-electron chi connectivity index (χ1n) is 22.7. The summed E-state index contributed by atoms with van der Waals surface area (Å²) < 4.78 is 65.7. The zero-order valence-electron chi connectivity index (χ0n) is 39.3. The summed E-state index contributed by atoms with van der Waals surface area (Å²) in [6.07, 6.45) is -5.43. The number of aromatic carboxylic acids is 1. The number of aromatic hydroxyl groups is 1. The monoisotopic (exact) mass is 1080 g/mol. The second kappa shape index (κ2) is 26.5. The average Bonchev–Trinajstić information content (AvgIpc) is 3.62. The van der Waals surface area contributed by atoms with Gasteiger partial charge in [0.2, 0.25) is 11.8 Å². The molecule has 11 N–H and O–H groups in total. The molecule has 2 aliphatic heterocycles. The van der Waals surface area contributed by atoms with Gasteiger partial charge < -0.3 is 79.4 Å². The first-order chi connectivity index (χ1) is 35.2. The van der Waals surface area contributed by atoms with E-state index in [0.29, 0.717) is 34.1 Å². The molecular weight excluding hydrogens is 1020 g/mol. The largest absolute Gasteiger partial charge is 0.508 e. The Balaban J connectivity index is 0.803. The molecule has 6 rings (SSSR count). The molecule has 3 aliphatic rings. The minimum Gasteiger partial charge on any atom is -0.508 e. The summed E-state index contributed by atoms with van der Waals surface area (Å²) in [4.78, 5) is 103. The third-order valence-corrected chi connectivity index (χ3v) is 12.0. The summed E-state index contributed by atoms with van der Waals surface area (Å²) in [6, 6.07) is 13.2. The van der Waals surface area contributed by atoms with Gasteiger partial charge in [-0.05, 0) is 60.4 Å². The van der Waals surface area contributed by atoms with Gasteiger partial charge in [-0.25, -0.2) is 18.7 Å². The lowest BCUT2D eigenvalue weighted by Crippen LogP contribution is -2.38. The molecular formula is C45H55N5O22P2. The number of phenolic OH excluding ortho intramolecular Hbond substituents is 1. The fraction of sp³-hybridized carbons (Fsp3) is 0.422. The average molecular weight is 1080 g/mol. The number of aromatic nitrogens is 2. The number of anilines is 1. The van der Waals surface area contributed by atoms with E-state index in [1.54, 1.807) is 24.3 Å². The predicted octanol–water partition coefficient (Wildman–Crippen LogP) is 0.817. The fourth-order valence-electron chi connectivity index (χ4n) is 7.72. The Bertz CT molecular complexity index is 2940. The third kappa shape index (κ3) is 16.8. The number of phenols is 1. The van der Waals surface area contributed by atoms with E-state index in [0.717, 1.165) is 4.57 Å². The Morgan fingerprint density at radius 1 is 0.797 bits per heavy atom. The normalized spacial score (nSPS) is 17.0. The van der Waals surface area contributed by atoms with Crippen LogP contribution in [0.4, 0.5) is 5.82 Å². The second-order valence-corrected chi connectivity index (χ2v) is 18.9. The summed E-state index contributed by atoms with van der Waals surface area (Å²) in [6.45, 7) is 1.30. The molecule has 2 amide bonds. The maximum Gasteiger partial charge on any atom is 0.470 e. The number of rotatable bonds is 29. The lowest BCUT2D eigenvalue weighted by atomic mass is 9.89. The van der Waals surface area contributed by atoms with Gasteiger partial charge in [-0.1, -0.05) is 6.07 Å². The van der Waals surface area contributed by atoms with Crippen LogP contribution < -0.4 is 27.5 Å². The van der Waals surface area contributed by atoms with Crippen LogP contribution in [-0.4, -0.2) is 153 Å². The predicted molar refractivity (Wildman–Crippen MR) is 257 cm³/mol. The van der Waals surface area contributed by atoms with E-state index >= 15 is 0 Å². The van der Waals surface area contributed by atoms with Crippen LogP contribution in [-0.2, 0) is 64.3 Å². The van der Waals surface area contributed by atoms with Gasteiger partial charge in [0.05, 0.1) is 71.4 Å². The number of hydrogen-bond donors (Lipinski definition) is 10. The van der Waals surface area contributed by atoms with Crippen molar-refractivity contribution in [1.29, 1.82) is 0 Å². The maximum absolute atomic E-state index is 12.9. The number of carbonyl (C=O) groups excluding carboxylic acids is 2. The van der Waals surface area contributed by atoms with Crippen LogP contribution >= 0.6 is 15.6 Å². The number of ether oxygens (including phenoxy) is 5. The number of nitrogens with zero attached hydrogens (tertiary/aromatic N) is 2. The summed E-state index contributed by atoms with van der Waals surface area (Å²) in [7, 11) is -10.3. The molecule has 0 bridgehead atoms. The number of carbonyl (C=O) groups is 3. The fourth-order valence-corrected chi connectivity index (χ4v) is 8.63. The lowest BCUT2D eigenvalue weighted by molar-refractivity contribution is -0.122. The number of aliphatic hydroxyl groups excluding tert-OH is 1. The number of nitrogens with two attached hydrogens (primary N) is 1. The Morgan fingerprint density at radius 2 is 1.47 bits per heavy atom. The molecule has 27 nitrogen and oxygen atoms in total. The molecule has 0 radical (unpaired) electrons. The molecule has 4 atom stereocenters. The van der Waals surface area contributed by atoms with Crippen LogP contribution in [0, 0.1) is 0 Å². The number of carboxylic acids is 1. The van der Waals surface area contributed by atoms with Gasteiger partial charge in [0.1, 0.15) is 41.2 Å². The van der Waals surface area contributed by atoms with Crippen molar-refractivity contribution in [2.45, 2.75) is 50.2 Å². The molecule has 0 saturated carbocycles. The molecule has 3 aromatic rings. The molecule has 0 spiro atoms. The van der Waals surface area contributed by atoms with Crippen LogP contribution in [0.25, 0.3) is 33.4 Å². The van der Waals surface area contributed by atoms with Crippen molar-refractivity contribution in [3.63, 3.8) is 0 Å². The van der Waals surface area contributed by atoms with E-state index in [2.05, 4.69) is 24.7 Å². The van der Waals surface area contributed by atoms with E-state index in [9.17, 15) is 58.2 Å². The number of fused-ring (bicyclic) bond motifs is 2. The molecule has 1 fully saturated rings. The van der Waals surface area contributed by atoms with Crippen molar-refractivity contribution in [3.05, 3.63) is 98.2 Å². The van der Waals surface area contributed by atoms with Gasteiger partial charge in [0, 0.05) is 59.9 Å². The second-order valence-electron chi connectivity index (χ2n) is 16.4. The van der Waals surface area contributed by atoms with E-state index in [4.69, 9.17) is 43.6 Å². The van der Waals surface area contributed by atoms with Gasteiger partial charge >= 0.3 is 27.3 Å². The zero-order valence-corrected chi connectivity index (χ0v) is 41.1. The van der Waals surface area contributed by atoms with Crippen molar-refractivity contribution in [1.82, 2.24) is 20.2 Å². The molecule has 1 aliphatic carbocycles. The first kappa shape index (κ1) is 57.3. The number of aryl methyl sites for hydroxylation is 1. The number of aliphatic hydroxyl groups is 1. The molecule has 1 unspecified atom stereocenters. The van der Waals surface area contributed by atoms with Gasteiger partial charge in [-0.2, -0.15) is 4.98 Å². The van der Waals surface area contributed by atoms with Gasteiger partial charge in [-0.15, -0.1) is 0 Å². The Hall–Kier alpha value is -6.00. The lowest BCUT2D eigenvalue weighted by Gasteiger charge is -2.21. The summed E-state index contributed by atoms with van der Waals surface area (Å²) in [5.41, 5.74) is 6.86. The van der Waals surface area contributed by atoms with Crippen molar-refractivity contribution < 1.29 is 95.6 Å². The minimum atomic E-state index is -5.26. The first-order valence-corrected chi connectivity index (χ1v) is 25.8. The number of phosphoric acid groups is 2. The Labute approximate surface area is 419 Å². The molecule has 1 saturated heterocycles. The number of amides is 2. The van der Waals surface area contributed by atoms with Gasteiger partial charge in [0.25, 0.3) is 0 Å². The van der Waals surface area contributed by atoms with Crippen LogP contribution in [0.1, 0.15) is 40.6 Å². The highest BCUT2D eigenvalue weighted by molar-refractivity contribution is 7.46. The van der Waals surface area contributed by atoms with Crippen molar-refractivity contribution in [3.8, 4) is 28.2 Å². The maximum atomic E-state index is 12.9. The number of hydrogen-bond acceptors (Lipinski definition) is 19. The van der Waals surface area contributed by atoms with Crippen LogP contribution in [0.15, 0.2) is 74.8 Å². The van der Waals surface area contributed by atoms with Gasteiger partial charge in [0.15, 0.2) is 11.7 Å². The van der Waals surface area contributed by atoms with Crippen LogP contribution in [0.2, 0.25) is 0 Å². The van der Waals surface area contributed by atoms with Crippen molar-refractivity contribution in [2.75, 3.05) is 78.3 Å². The molecule has 1 aromatic heterocycles. The highest BCUT2D eigenvalue weighted by atomic mass is 31.2. The van der Waals surface area contributed by atoms with Gasteiger partial charge in [-0.3, -0.25) is 28.0 Å². The molecule has 402 valence electrons. The Morgan fingerprint density at radius 3 is 2.15 bits per heavy atom. The summed E-state index contributed by atoms with van der Waals surface area (Å²) >= 11 is 0. The standard InChI is InChI=1S/C45H55N5O22P2/c46-42-27(24-50(45(58)49-42)43-40(55)41(72-74(62,63)64)36(71-43)25-69-73(59,60)61)2-1-10-47-37(53)9-12-65-14-16-67-18-19-68-17-15-66-13-11-48-38(54)21-26-3-6-30(44(56)57)33(20-26)39-31-7-4-28(51)22-34(31)70-35-23-29(52)5-8-32(35)39/h3-8,20,22-24,36,40-41,43,51,55H,1-2,9-19,21,25H2,(H,47,53)(H,48,54)(H,56,57)(H2,46,49,58)(H2,59,60,61)(H2,62,63,64)/t36-,40+,41?,43-/m1/s1. The minimum absolute atomic E-state index is 0.0307. The number of benzene rings is 3. The zero-order chi connectivity index (χ0) is 53.6. The molecule has 29 heteroatoms. The molecule has 3 heterocycles. The van der Waals surface area contributed by atoms with E-state index in [1.165, 1.54) is 36.5 Å². The smallest absolute Gasteiger partial charge is 0.470 e. The number of nitrogens with one attached hydrogen (secondary N) is 2. The van der Waals surface area contributed by atoms with Crippen LogP contribution in [0.5, 0.6) is 5.75 Å². The quantitative estimate of drug-likeness (QED) is 0.0180. The SMILES string of the molecule is Nc1nc(=O)n([C@@H]2O[C@H](COP(=O)(O)O)C(OP(=O)(O)O)[C@@H]2O)cc1CCCNC(=O)CCOCCOCCOCCOCCNC(=O)Cc1ccc(C(=O)O)c(-c2c3ccc(=O)cc-3oc3cc(O)ccc23)c1. The molecule has 2 aromatic carbocycles. The van der Waals surface area contributed by atoms with E-state index in [1.807, 2.05) is 0 Å². The van der Waals surface area contributed by atoms with E-state index < -0.39 is 58.5 Å². The van der Waals surface area contributed by atoms with E-state index in [-0.39, 0.29) is 136 Å². The highest BCUT2D eigenvalue weighted by Crippen LogP contribution is 2.46. The molecule has 74 heavy (non-hydrogen) atoms. The number of phosphoric ester groups is 2. The topological polar surface area (TPSA) is 407 Å². The third-order valence-electron chi connectivity index (χ3n) is 11.0. The Kier molecular flexibility index (Phi) is 20.5. The summed E-state index contributed by atoms with van der Waals surface area (Å²) in [5.74, 6) is -1.87. The highest BCUT2D eigenvalue weighted by Gasteiger charge is 2.49. The van der Waals surface area contributed by atoms with Crippen molar-refractivity contribution >= 4 is 50.2 Å². The number of carboxylic acid groups (broad SMARTS) is 1. The van der Waals surface area contributed by atoms with Crippen LogP contribution in [0.3, 0.4) is 0 Å². The van der Waals surface area contributed by atoms with Crippen molar-refractivity contribution in [2.24, 2.45) is 0 Å². The summed E-state index contributed by atoms with van der Waals surface area (Å²) in [5, 5.41) is 36.9. The number of nitrogen functional groups attached to an aromatic ring is 1.